The van der Waals surface area contributed by atoms with Crippen LogP contribution in [0.1, 0.15) is 52.5 Å². The molecule has 1 amide bonds. The summed E-state index contributed by atoms with van der Waals surface area (Å²) >= 11 is 5.96. The minimum absolute atomic E-state index is 0.340. The van der Waals surface area contributed by atoms with Gasteiger partial charge in [0, 0.05) is 18.3 Å². The molecule has 1 aliphatic rings. The molecule has 0 unspecified atom stereocenters. The summed E-state index contributed by atoms with van der Waals surface area (Å²) in [6.45, 7) is 6.25. The fourth-order valence-electron chi connectivity index (χ4n) is 3.29. The number of nitrogens with zero attached hydrogens (tertiary/aromatic N) is 3. The number of hydrogen-bond donors (Lipinski definition) is 1. The Labute approximate surface area is 165 Å². The van der Waals surface area contributed by atoms with E-state index in [9.17, 15) is 4.79 Å². The van der Waals surface area contributed by atoms with Crippen molar-refractivity contribution < 1.29 is 9.53 Å². The molecule has 7 heteroatoms. The van der Waals surface area contributed by atoms with Gasteiger partial charge < -0.3 is 10.1 Å². The Balaban J connectivity index is 1.37. The van der Waals surface area contributed by atoms with E-state index in [0.29, 0.717) is 23.7 Å². The van der Waals surface area contributed by atoms with E-state index < -0.39 is 5.60 Å². The van der Waals surface area contributed by atoms with Gasteiger partial charge in [-0.15, -0.1) is 0 Å². The van der Waals surface area contributed by atoms with E-state index in [1.165, 1.54) is 0 Å². The van der Waals surface area contributed by atoms with E-state index in [-0.39, 0.29) is 6.09 Å². The first-order valence-corrected chi connectivity index (χ1v) is 9.82. The number of aromatic nitrogens is 3. The average molecular weight is 391 g/mol. The minimum Gasteiger partial charge on any atom is -0.444 e. The maximum absolute atomic E-state index is 11.6. The molecule has 3 rings (SSSR count). The molecule has 0 aliphatic heterocycles. The van der Waals surface area contributed by atoms with E-state index in [2.05, 4.69) is 15.4 Å². The molecule has 0 saturated heterocycles. The first-order chi connectivity index (χ1) is 12.8. The monoisotopic (exact) mass is 390 g/mol. The number of carbonyl (C=O) groups excluding carboxylic acids is 1. The van der Waals surface area contributed by atoms with Crippen molar-refractivity contribution >= 4 is 17.7 Å². The van der Waals surface area contributed by atoms with Crippen molar-refractivity contribution in [3.05, 3.63) is 35.7 Å². The van der Waals surface area contributed by atoms with Crippen LogP contribution in [0.5, 0.6) is 0 Å². The van der Waals surface area contributed by atoms with E-state index in [1.54, 1.807) is 6.07 Å². The molecule has 0 bridgehead atoms. The fraction of sp³-hybridized carbons (Fsp3) is 0.550. The number of hydrogen-bond acceptors (Lipinski definition) is 4. The molecule has 0 atom stereocenters. The van der Waals surface area contributed by atoms with E-state index in [4.69, 9.17) is 16.3 Å². The van der Waals surface area contributed by atoms with Crippen LogP contribution in [0, 0.1) is 5.92 Å². The lowest BCUT2D eigenvalue weighted by atomic mass is 9.77. The van der Waals surface area contributed by atoms with Crippen molar-refractivity contribution in [1.82, 2.24) is 20.1 Å². The van der Waals surface area contributed by atoms with Crippen LogP contribution in [-0.4, -0.2) is 33.0 Å². The maximum atomic E-state index is 11.6. The highest BCUT2D eigenvalue weighted by atomic mass is 35.5. The predicted octanol–water partition coefficient (Wildman–Crippen LogP) is 4.85. The van der Waals surface area contributed by atoms with Crippen molar-refractivity contribution in [1.29, 1.82) is 0 Å². The fourth-order valence-corrected chi connectivity index (χ4v) is 3.45. The van der Waals surface area contributed by atoms with Gasteiger partial charge in [-0.2, -0.15) is 5.10 Å². The smallest absolute Gasteiger partial charge is 0.407 e. The molecule has 2 aromatic heterocycles. The molecule has 0 radical (unpaired) electrons. The number of carbonyl (C=O) groups is 1. The van der Waals surface area contributed by atoms with Crippen LogP contribution in [0.15, 0.2) is 30.6 Å². The van der Waals surface area contributed by atoms with Gasteiger partial charge in [-0.05, 0) is 64.5 Å². The summed E-state index contributed by atoms with van der Waals surface area (Å²) in [5.74, 6) is 0.687. The van der Waals surface area contributed by atoms with E-state index in [1.807, 2.05) is 50.0 Å². The zero-order valence-electron chi connectivity index (χ0n) is 16.1. The van der Waals surface area contributed by atoms with Crippen LogP contribution in [0.2, 0.25) is 5.15 Å². The summed E-state index contributed by atoms with van der Waals surface area (Å²) in [6, 6.07) is 6.05. The number of alkyl carbamates (subject to hydrolysis) is 1. The van der Waals surface area contributed by atoms with Crippen molar-refractivity contribution in [2.24, 2.45) is 5.92 Å². The van der Waals surface area contributed by atoms with Crippen molar-refractivity contribution in [2.75, 3.05) is 6.54 Å². The van der Waals surface area contributed by atoms with Crippen LogP contribution in [-0.2, 0) is 4.74 Å². The quantitative estimate of drug-likeness (QED) is 0.565. The lowest BCUT2D eigenvalue weighted by Gasteiger charge is -2.35. The molecule has 1 saturated carbocycles. The van der Waals surface area contributed by atoms with E-state index in [0.717, 1.165) is 36.9 Å². The molecule has 1 fully saturated rings. The minimum atomic E-state index is -0.450. The SMILES string of the molecule is CC(C)(C)OC(=O)NCCCC1CC(n2cc(-c3cccc(Cl)n3)cn2)C1. The van der Waals surface area contributed by atoms with Crippen LogP contribution >= 0.6 is 11.6 Å². The third-order valence-electron chi connectivity index (χ3n) is 4.65. The molecule has 0 spiro atoms. The number of ether oxygens (including phenoxy) is 1. The highest BCUT2D eigenvalue weighted by Crippen LogP contribution is 2.40. The van der Waals surface area contributed by atoms with Crippen LogP contribution < -0.4 is 5.32 Å². The molecule has 146 valence electrons. The predicted molar refractivity (Wildman–Crippen MR) is 106 cm³/mol. The Hall–Kier alpha value is -2.08. The highest BCUT2D eigenvalue weighted by Gasteiger charge is 2.30. The summed E-state index contributed by atoms with van der Waals surface area (Å²) in [7, 11) is 0. The molecular formula is C20H27ClN4O2. The molecule has 6 nitrogen and oxygen atoms in total. The summed E-state index contributed by atoms with van der Waals surface area (Å²) in [5, 5.41) is 7.80. The molecule has 0 aromatic carbocycles. The third kappa shape index (κ3) is 5.70. The average Bonchev–Trinajstić information content (AvgIpc) is 3.00. The van der Waals surface area contributed by atoms with Gasteiger partial charge in [0.1, 0.15) is 10.8 Å². The molecular weight excluding hydrogens is 364 g/mol. The maximum Gasteiger partial charge on any atom is 0.407 e. The number of amides is 1. The number of pyridine rings is 1. The second-order valence-corrected chi connectivity index (χ2v) is 8.50. The molecule has 1 aliphatic carbocycles. The molecule has 27 heavy (non-hydrogen) atoms. The van der Waals surface area contributed by atoms with Gasteiger partial charge in [-0.25, -0.2) is 9.78 Å². The van der Waals surface area contributed by atoms with Gasteiger partial charge in [0.15, 0.2) is 0 Å². The first kappa shape index (κ1) is 19.7. The zero-order valence-corrected chi connectivity index (χ0v) is 16.9. The lowest BCUT2D eigenvalue weighted by molar-refractivity contribution is 0.0524. The van der Waals surface area contributed by atoms with Gasteiger partial charge in [-0.1, -0.05) is 17.7 Å². The van der Waals surface area contributed by atoms with Gasteiger partial charge >= 0.3 is 6.09 Å². The standard InChI is InChI=1S/C20H27ClN4O2/c1-20(2,3)27-19(26)22-9-5-6-14-10-16(11-14)25-13-15(12-23-25)17-7-4-8-18(21)24-17/h4,7-8,12-14,16H,5-6,9-11H2,1-3H3,(H,22,26). The number of nitrogens with one attached hydrogen (secondary N) is 1. The normalized spacial score (nSPS) is 19.4. The molecule has 1 N–H and O–H groups in total. The van der Waals surface area contributed by atoms with Crippen LogP contribution in [0.3, 0.4) is 0 Å². The van der Waals surface area contributed by atoms with Crippen molar-refractivity contribution in [3.8, 4) is 11.3 Å². The lowest BCUT2D eigenvalue weighted by Crippen LogP contribution is -2.33. The topological polar surface area (TPSA) is 69.0 Å². The Bertz CT molecular complexity index is 778. The first-order valence-electron chi connectivity index (χ1n) is 9.44. The second-order valence-electron chi connectivity index (χ2n) is 8.12. The summed E-state index contributed by atoms with van der Waals surface area (Å²) < 4.78 is 7.27. The van der Waals surface area contributed by atoms with Gasteiger partial charge in [0.25, 0.3) is 0 Å². The highest BCUT2D eigenvalue weighted by molar-refractivity contribution is 6.29. The zero-order chi connectivity index (χ0) is 19.4. The second kappa shape index (κ2) is 8.30. The summed E-state index contributed by atoms with van der Waals surface area (Å²) in [4.78, 5) is 15.9. The number of rotatable bonds is 6. The molecule has 2 heterocycles. The number of halogens is 1. The van der Waals surface area contributed by atoms with E-state index >= 15 is 0 Å². The van der Waals surface area contributed by atoms with Gasteiger partial charge in [-0.3, -0.25) is 4.68 Å². The Kier molecular flexibility index (Phi) is 6.05. The summed E-state index contributed by atoms with van der Waals surface area (Å²) in [6.07, 6.45) is 7.87. The van der Waals surface area contributed by atoms with Crippen LogP contribution in [0.25, 0.3) is 11.3 Å². The van der Waals surface area contributed by atoms with Crippen molar-refractivity contribution in [2.45, 2.75) is 58.1 Å². The summed E-state index contributed by atoms with van der Waals surface area (Å²) in [5.41, 5.74) is 1.38. The molecule has 2 aromatic rings. The van der Waals surface area contributed by atoms with Crippen molar-refractivity contribution in [3.63, 3.8) is 0 Å². The van der Waals surface area contributed by atoms with Gasteiger partial charge in [0.2, 0.25) is 0 Å². The third-order valence-corrected chi connectivity index (χ3v) is 4.87. The van der Waals surface area contributed by atoms with Gasteiger partial charge in [0.05, 0.1) is 17.9 Å². The van der Waals surface area contributed by atoms with Crippen LogP contribution in [0.4, 0.5) is 4.79 Å². The largest absolute Gasteiger partial charge is 0.444 e. The Morgan fingerprint density at radius 3 is 2.85 bits per heavy atom. The Morgan fingerprint density at radius 2 is 2.15 bits per heavy atom. The Morgan fingerprint density at radius 1 is 1.37 bits per heavy atom.